The van der Waals surface area contributed by atoms with Gasteiger partial charge in [0.05, 0.1) is 0 Å². The van der Waals surface area contributed by atoms with Gasteiger partial charge in [0.25, 0.3) is 0 Å². The summed E-state index contributed by atoms with van der Waals surface area (Å²) in [6.07, 6.45) is 11.1. The Morgan fingerprint density at radius 3 is 1.94 bits per heavy atom. The number of nitrogens with zero attached hydrogens (tertiary/aromatic N) is 1. The Labute approximate surface area is 312 Å². The Morgan fingerprint density at radius 2 is 1.23 bits per heavy atom. The highest BCUT2D eigenvalue weighted by Crippen LogP contribution is 2.50. The van der Waals surface area contributed by atoms with Crippen molar-refractivity contribution in [1.29, 1.82) is 0 Å². The van der Waals surface area contributed by atoms with Crippen LogP contribution in [0.2, 0.25) is 0 Å². The van der Waals surface area contributed by atoms with E-state index < -0.39 is 0 Å². The fourth-order valence-corrected chi connectivity index (χ4v) is 8.07. The molecule has 0 heterocycles. The summed E-state index contributed by atoms with van der Waals surface area (Å²) in [5.41, 5.74) is 24.3. The van der Waals surface area contributed by atoms with Crippen LogP contribution in [-0.4, -0.2) is 0 Å². The van der Waals surface area contributed by atoms with Gasteiger partial charge in [-0.3, -0.25) is 0 Å². The average Bonchev–Trinajstić information content (AvgIpc) is 3.36. The van der Waals surface area contributed by atoms with Gasteiger partial charge in [-0.2, -0.15) is 0 Å². The minimum atomic E-state index is -0.0649. The van der Waals surface area contributed by atoms with Gasteiger partial charge in [0.1, 0.15) is 0 Å². The van der Waals surface area contributed by atoms with E-state index in [9.17, 15) is 0 Å². The molecule has 0 saturated carbocycles. The molecule has 3 aliphatic carbocycles. The predicted molar refractivity (Wildman–Crippen MR) is 223 cm³/mol. The number of fused-ring (bicyclic) bond motifs is 2. The van der Waals surface area contributed by atoms with E-state index in [2.05, 4.69) is 200 Å². The predicted octanol–water partition coefficient (Wildman–Crippen LogP) is 13.4. The van der Waals surface area contributed by atoms with Crippen molar-refractivity contribution >= 4 is 28.2 Å². The van der Waals surface area contributed by atoms with E-state index in [-0.39, 0.29) is 5.41 Å². The van der Waals surface area contributed by atoms with Crippen LogP contribution in [0.25, 0.3) is 44.5 Å². The van der Waals surface area contributed by atoms with Crippen molar-refractivity contribution in [3.63, 3.8) is 0 Å². The molecule has 0 spiro atoms. The van der Waals surface area contributed by atoms with E-state index in [1.165, 1.54) is 50.1 Å². The van der Waals surface area contributed by atoms with Gasteiger partial charge < -0.3 is 4.90 Å². The minimum absolute atomic E-state index is 0.0649. The maximum absolute atomic E-state index is 3.35. The summed E-state index contributed by atoms with van der Waals surface area (Å²) < 4.78 is 0. The molecule has 250 valence electrons. The van der Waals surface area contributed by atoms with E-state index in [0.717, 1.165) is 40.2 Å². The molecule has 9 rings (SSSR count). The first-order valence-electron chi connectivity index (χ1n) is 18.2. The molecule has 0 aliphatic heterocycles. The number of benzene rings is 6. The van der Waals surface area contributed by atoms with Gasteiger partial charge in [-0.15, -0.1) is 0 Å². The van der Waals surface area contributed by atoms with E-state index in [1.807, 2.05) is 18.2 Å². The lowest BCUT2D eigenvalue weighted by Crippen LogP contribution is -2.17. The third-order valence-electron chi connectivity index (χ3n) is 10.7. The average molecular weight is 676 g/mol. The maximum atomic E-state index is 3.35. The van der Waals surface area contributed by atoms with E-state index in [4.69, 9.17) is 0 Å². The zero-order valence-electron chi connectivity index (χ0n) is 29.9. The van der Waals surface area contributed by atoms with Gasteiger partial charge >= 0.3 is 0 Å². The number of para-hydroxylation sites is 1. The fourth-order valence-electron chi connectivity index (χ4n) is 8.07. The zero-order valence-corrected chi connectivity index (χ0v) is 29.9. The number of allylic oxidation sites excluding steroid dienone is 8. The number of rotatable bonds is 7. The molecule has 0 radical (unpaired) electrons. The third kappa shape index (κ3) is 5.84. The summed E-state index contributed by atoms with van der Waals surface area (Å²) in [6, 6.07) is 52.8. The molecule has 0 N–H and O–H groups in total. The molecule has 0 bridgehead atoms. The lowest BCUT2D eigenvalue weighted by atomic mass is 9.80. The third-order valence-corrected chi connectivity index (χ3v) is 10.7. The molecule has 0 fully saturated rings. The molecular weight excluding hydrogens is 639 g/mol. The van der Waals surface area contributed by atoms with Crippen molar-refractivity contribution in [3.05, 3.63) is 210 Å². The standard InChI is InChI=1S/C52H37N/c1-52(2)49-27-17-7-16-26-45(49)48-36-44(32-33-50(48)52)53(42-24-14-6-15-25-42)43-30-28-40(29-31-43)51-46(38-20-10-4-11-21-38)34-41(37-18-8-3-9-19-37)35-47(51)39-22-12-5-13-23-39/h3-4,6,8-12,14-16,18-26,28-36H,27H2,1-2H3. The highest BCUT2D eigenvalue weighted by Gasteiger charge is 2.37. The van der Waals surface area contributed by atoms with Crippen LogP contribution in [0, 0.1) is 11.8 Å². The molecule has 53 heavy (non-hydrogen) atoms. The summed E-state index contributed by atoms with van der Waals surface area (Å²) in [7, 11) is 0. The van der Waals surface area contributed by atoms with E-state index >= 15 is 0 Å². The van der Waals surface area contributed by atoms with Gasteiger partial charge in [-0.25, -0.2) is 0 Å². The van der Waals surface area contributed by atoms with Crippen LogP contribution in [0.15, 0.2) is 193 Å². The summed E-state index contributed by atoms with van der Waals surface area (Å²) >= 11 is 0. The smallest absolute Gasteiger partial charge is 0.0468 e. The van der Waals surface area contributed by atoms with Crippen molar-refractivity contribution in [2.45, 2.75) is 25.7 Å². The molecule has 0 unspecified atom stereocenters. The summed E-state index contributed by atoms with van der Waals surface area (Å²) in [5, 5.41) is 0. The van der Waals surface area contributed by atoms with Crippen LogP contribution in [0.3, 0.4) is 0 Å². The monoisotopic (exact) mass is 675 g/mol. The van der Waals surface area contributed by atoms with Crippen LogP contribution in [0.5, 0.6) is 0 Å². The summed E-state index contributed by atoms with van der Waals surface area (Å²) in [5.74, 6) is 6.55. The molecule has 6 aromatic carbocycles. The minimum Gasteiger partial charge on any atom is -0.310 e. The molecule has 1 heteroatoms. The SMILES string of the molecule is CC1(C)C2=C(C=CC#CC2)c2cc(N(c3ccccc3)c3ccc(-c4c(C5=CC=C=C=C5)cc(-c5ccccc5)cc4-c4ccccc4)cc3)ccc21. The van der Waals surface area contributed by atoms with Crippen molar-refractivity contribution < 1.29 is 0 Å². The lowest BCUT2D eigenvalue weighted by molar-refractivity contribution is 0.628. The van der Waals surface area contributed by atoms with Gasteiger partial charge in [0, 0.05) is 28.9 Å². The van der Waals surface area contributed by atoms with Crippen LogP contribution in [-0.2, 0) is 5.41 Å². The molecular formula is C52H37N. The Kier molecular flexibility index (Phi) is 8.12. The Morgan fingerprint density at radius 1 is 0.566 bits per heavy atom. The van der Waals surface area contributed by atoms with E-state index in [0.29, 0.717) is 0 Å². The van der Waals surface area contributed by atoms with Crippen LogP contribution in [0.1, 0.15) is 37.0 Å². The van der Waals surface area contributed by atoms with Gasteiger partial charge in [0.2, 0.25) is 0 Å². The highest BCUT2D eigenvalue weighted by atomic mass is 15.1. The second-order valence-corrected chi connectivity index (χ2v) is 14.2. The first-order chi connectivity index (χ1) is 26.1. The molecule has 0 atom stereocenters. The van der Waals surface area contributed by atoms with Gasteiger partial charge in [-0.1, -0.05) is 134 Å². The first kappa shape index (κ1) is 32.1. The summed E-state index contributed by atoms with van der Waals surface area (Å²) in [6.45, 7) is 4.66. The molecule has 0 amide bonds. The number of anilines is 3. The van der Waals surface area contributed by atoms with Crippen LogP contribution in [0.4, 0.5) is 17.1 Å². The molecule has 0 aromatic heterocycles. The highest BCUT2D eigenvalue weighted by molar-refractivity contribution is 5.98. The van der Waals surface area contributed by atoms with Gasteiger partial charge in [0.15, 0.2) is 0 Å². The van der Waals surface area contributed by atoms with E-state index in [1.54, 1.807) is 0 Å². The topological polar surface area (TPSA) is 3.24 Å². The maximum Gasteiger partial charge on any atom is 0.0468 e. The Hall–Kier alpha value is -6.80. The number of hydrogen-bond donors (Lipinski definition) is 0. The molecule has 3 aliphatic rings. The zero-order chi connectivity index (χ0) is 35.8. The van der Waals surface area contributed by atoms with Crippen LogP contribution >= 0.6 is 0 Å². The van der Waals surface area contributed by atoms with Gasteiger partial charge in [-0.05, 0) is 146 Å². The second-order valence-electron chi connectivity index (χ2n) is 14.2. The first-order valence-corrected chi connectivity index (χ1v) is 18.2. The fraction of sp³-hybridized carbons (Fsp3) is 0.0769. The molecule has 6 aromatic rings. The Bertz CT molecular complexity index is 2640. The lowest BCUT2D eigenvalue weighted by Gasteiger charge is -2.28. The largest absolute Gasteiger partial charge is 0.310 e. The normalized spacial score (nSPS) is 14.6. The Balaban J connectivity index is 1.20. The quantitative estimate of drug-likeness (QED) is 0.120. The van der Waals surface area contributed by atoms with Crippen molar-refractivity contribution in [1.82, 2.24) is 0 Å². The second kappa shape index (κ2) is 13.4. The molecule has 1 nitrogen and oxygen atoms in total. The summed E-state index contributed by atoms with van der Waals surface area (Å²) in [4.78, 5) is 2.37. The van der Waals surface area contributed by atoms with Crippen LogP contribution < -0.4 is 4.90 Å². The van der Waals surface area contributed by atoms with Crippen molar-refractivity contribution in [3.8, 4) is 45.2 Å². The molecule has 0 saturated heterocycles. The number of hydrogen-bond acceptors (Lipinski definition) is 1. The van der Waals surface area contributed by atoms with Crippen molar-refractivity contribution in [2.75, 3.05) is 4.90 Å². The van der Waals surface area contributed by atoms with Crippen molar-refractivity contribution in [2.24, 2.45) is 0 Å².